The lowest BCUT2D eigenvalue weighted by Gasteiger charge is -2.06. The van der Waals surface area contributed by atoms with Crippen LogP contribution in [-0.4, -0.2) is 15.9 Å². The minimum Gasteiger partial charge on any atom is -0.408 e. The minimum absolute atomic E-state index is 0.162. The van der Waals surface area contributed by atoms with Gasteiger partial charge >= 0.3 is 5.76 Å². The number of aromatic amines is 2. The Balaban J connectivity index is 1.47. The van der Waals surface area contributed by atoms with Crippen molar-refractivity contribution < 1.29 is 9.21 Å². The van der Waals surface area contributed by atoms with E-state index in [2.05, 4.69) is 15.3 Å². The summed E-state index contributed by atoms with van der Waals surface area (Å²) in [6.45, 7) is 1.96. The van der Waals surface area contributed by atoms with Crippen molar-refractivity contribution in [3.63, 3.8) is 0 Å². The molecular weight excluding hydrogens is 346 g/mol. The van der Waals surface area contributed by atoms with Gasteiger partial charge < -0.3 is 14.7 Å². The predicted molar refractivity (Wildman–Crippen MR) is 103 cm³/mol. The third-order valence-electron chi connectivity index (χ3n) is 4.40. The van der Waals surface area contributed by atoms with Gasteiger partial charge in [0, 0.05) is 29.3 Å². The van der Waals surface area contributed by atoms with Gasteiger partial charge in [-0.2, -0.15) is 0 Å². The Kier molecular flexibility index (Phi) is 4.12. The molecule has 0 radical (unpaired) electrons. The molecule has 0 saturated heterocycles. The first-order chi connectivity index (χ1) is 13.0. The van der Waals surface area contributed by atoms with Crippen LogP contribution in [0.2, 0.25) is 0 Å². The van der Waals surface area contributed by atoms with Gasteiger partial charge in [-0.25, -0.2) is 4.79 Å². The molecule has 0 aliphatic carbocycles. The van der Waals surface area contributed by atoms with Gasteiger partial charge in [0.25, 0.3) is 5.56 Å². The van der Waals surface area contributed by atoms with Crippen LogP contribution >= 0.6 is 0 Å². The van der Waals surface area contributed by atoms with E-state index in [0.717, 1.165) is 16.5 Å². The van der Waals surface area contributed by atoms with Crippen molar-refractivity contribution in [1.82, 2.24) is 9.97 Å². The van der Waals surface area contributed by atoms with Crippen molar-refractivity contribution >= 4 is 33.6 Å². The number of aromatic nitrogens is 2. The van der Waals surface area contributed by atoms with E-state index in [0.29, 0.717) is 28.8 Å². The maximum atomic E-state index is 12.2. The molecule has 7 nitrogen and oxygen atoms in total. The number of hydrogen-bond acceptors (Lipinski definition) is 4. The number of carbonyl (C=O) groups is 1. The van der Waals surface area contributed by atoms with Gasteiger partial charge in [0.15, 0.2) is 5.58 Å². The lowest BCUT2D eigenvalue weighted by atomic mass is 10.1. The average molecular weight is 363 g/mol. The highest BCUT2D eigenvalue weighted by atomic mass is 16.4. The van der Waals surface area contributed by atoms with Crippen LogP contribution in [0.3, 0.4) is 0 Å². The number of hydrogen-bond donors (Lipinski definition) is 3. The van der Waals surface area contributed by atoms with Gasteiger partial charge in [-0.1, -0.05) is 12.1 Å². The molecule has 4 aromatic rings. The van der Waals surface area contributed by atoms with Gasteiger partial charge in [0.1, 0.15) is 0 Å². The summed E-state index contributed by atoms with van der Waals surface area (Å²) in [6.07, 6.45) is 0.488. The molecule has 0 unspecified atom stereocenters. The van der Waals surface area contributed by atoms with Crippen LogP contribution in [0, 0.1) is 6.92 Å². The van der Waals surface area contributed by atoms with Crippen LogP contribution in [0.4, 0.5) is 5.69 Å². The highest BCUT2D eigenvalue weighted by Crippen LogP contribution is 2.17. The molecule has 0 bridgehead atoms. The zero-order valence-corrected chi connectivity index (χ0v) is 14.6. The molecule has 4 rings (SSSR count). The Bertz CT molecular complexity index is 1280. The number of carbonyl (C=O) groups excluding carboxylic acids is 1. The Morgan fingerprint density at radius 3 is 2.74 bits per heavy atom. The third-order valence-corrected chi connectivity index (χ3v) is 4.40. The molecule has 7 heteroatoms. The molecule has 0 aliphatic heterocycles. The first-order valence-corrected chi connectivity index (χ1v) is 8.53. The van der Waals surface area contributed by atoms with Gasteiger partial charge in [0.05, 0.1) is 5.52 Å². The molecule has 0 spiro atoms. The minimum atomic E-state index is -0.542. The fourth-order valence-corrected chi connectivity index (χ4v) is 3.04. The van der Waals surface area contributed by atoms with E-state index < -0.39 is 5.76 Å². The topological polar surface area (TPSA) is 108 Å². The number of aryl methyl sites for hydroxylation is 2. The van der Waals surface area contributed by atoms with Gasteiger partial charge in [-0.05, 0) is 48.6 Å². The fourth-order valence-electron chi connectivity index (χ4n) is 3.04. The molecule has 2 aromatic heterocycles. The summed E-state index contributed by atoms with van der Waals surface area (Å²) in [6, 6.07) is 12.6. The molecule has 0 fully saturated rings. The molecule has 0 atom stereocenters. The fraction of sp³-hybridized carbons (Fsp3) is 0.150. The first kappa shape index (κ1) is 16.8. The van der Waals surface area contributed by atoms with Crippen molar-refractivity contribution in [2.45, 2.75) is 19.8 Å². The number of H-pyrrole nitrogens is 2. The molecule has 3 N–H and O–H groups in total. The van der Waals surface area contributed by atoms with Crippen molar-refractivity contribution in [2.24, 2.45) is 0 Å². The van der Waals surface area contributed by atoms with E-state index >= 15 is 0 Å². The molecule has 0 aliphatic rings. The van der Waals surface area contributed by atoms with E-state index in [4.69, 9.17) is 4.42 Å². The summed E-state index contributed by atoms with van der Waals surface area (Å²) < 4.78 is 4.98. The molecule has 136 valence electrons. The van der Waals surface area contributed by atoms with Crippen LogP contribution in [0.25, 0.3) is 22.0 Å². The lowest BCUT2D eigenvalue weighted by molar-refractivity contribution is -0.116. The molecule has 2 aromatic carbocycles. The number of pyridine rings is 1. The molecule has 0 saturated carbocycles. The maximum Gasteiger partial charge on any atom is 0.417 e. The number of fused-ring (bicyclic) bond motifs is 2. The van der Waals surface area contributed by atoms with Crippen LogP contribution in [0.1, 0.15) is 17.5 Å². The molecular formula is C20H17N3O4. The van der Waals surface area contributed by atoms with Crippen LogP contribution < -0.4 is 16.6 Å². The molecule has 2 heterocycles. The highest BCUT2D eigenvalue weighted by Gasteiger charge is 2.09. The second-order valence-electron chi connectivity index (χ2n) is 6.49. The third kappa shape index (κ3) is 3.52. The Morgan fingerprint density at radius 1 is 1.04 bits per heavy atom. The standard InChI is InChI=1S/C20H17N3O4/c1-11-2-3-12-9-13(19(25)22-16(12)8-11)4-7-18(24)21-14-5-6-15-17(10-14)27-20(26)23-15/h2-3,5-6,8-10H,4,7H2,1H3,(H,21,24)(H,22,25)(H,23,26). The normalized spacial score (nSPS) is 11.1. The summed E-state index contributed by atoms with van der Waals surface area (Å²) in [5.74, 6) is -0.769. The van der Waals surface area contributed by atoms with E-state index in [-0.39, 0.29) is 17.9 Å². The summed E-state index contributed by atoms with van der Waals surface area (Å²) in [5.41, 5.74) is 3.70. The SMILES string of the molecule is Cc1ccc2cc(CCC(=O)Nc3ccc4[nH]c(=O)oc4c3)c(=O)[nH]c2c1. The number of rotatable bonds is 4. The quantitative estimate of drug-likeness (QED) is 0.518. The second kappa shape index (κ2) is 6.60. The van der Waals surface area contributed by atoms with Crippen molar-refractivity contribution in [1.29, 1.82) is 0 Å². The average Bonchev–Trinajstić information content (AvgIpc) is 2.99. The van der Waals surface area contributed by atoms with E-state index in [1.54, 1.807) is 18.2 Å². The maximum absolute atomic E-state index is 12.2. The number of nitrogens with one attached hydrogen (secondary N) is 3. The predicted octanol–water partition coefficient (Wildman–Crippen LogP) is 2.84. The summed E-state index contributed by atoms with van der Waals surface area (Å²) in [4.78, 5) is 41.0. The smallest absolute Gasteiger partial charge is 0.408 e. The van der Waals surface area contributed by atoms with Crippen molar-refractivity contribution in [3.8, 4) is 0 Å². The number of amides is 1. The number of anilines is 1. The Labute approximate surface area is 153 Å². The Hall–Kier alpha value is -3.61. The summed E-state index contributed by atoms with van der Waals surface area (Å²) in [7, 11) is 0. The number of oxazole rings is 1. The lowest BCUT2D eigenvalue weighted by Crippen LogP contribution is -2.17. The van der Waals surface area contributed by atoms with E-state index in [1.807, 2.05) is 31.2 Å². The Morgan fingerprint density at radius 2 is 1.89 bits per heavy atom. The number of benzene rings is 2. The van der Waals surface area contributed by atoms with Crippen molar-refractivity contribution in [3.05, 3.63) is 74.5 Å². The molecule has 27 heavy (non-hydrogen) atoms. The largest absolute Gasteiger partial charge is 0.417 e. The highest BCUT2D eigenvalue weighted by molar-refractivity contribution is 5.92. The van der Waals surface area contributed by atoms with Gasteiger partial charge in [0.2, 0.25) is 5.91 Å². The zero-order valence-electron chi connectivity index (χ0n) is 14.6. The van der Waals surface area contributed by atoms with Gasteiger partial charge in [-0.3, -0.25) is 14.6 Å². The van der Waals surface area contributed by atoms with Crippen LogP contribution in [0.15, 0.2) is 56.5 Å². The van der Waals surface area contributed by atoms with E-state index in [1.165, 1.54) is 0 Å². The van der Waals surface area contributed by atoms with E-state index in [9.17, 15) is 14.4 Å². The molecule has 1 amide bonds. The zero-order chi connectivity index (χ0) is 19.0. The second-order valence-corrected chi connectivity index (χ2v) is 6.49. The van der Waals surface area contributed by atoms with Crippen molar-refractivity contribution in [2.75, 3.05) is 5.32 Å². The van der Waals surface area contributed by atoms with Gasteiger partial charge in [-0.15, -0.1) is 0 Å². The summed E-state index contributed by atoms with van der Waals surface area (Å²) in [5, 5.41) is 3.68. The van der Waals surface area contributed by atoms with Crippen LogP contribution in [-0.2, 0) is 11.2 Å². The summed E-state index contributed by atoms with van der Waals surface area (Å²) >= 11 is 0. The monoisotopic (exact) mass is 363 g/mol. The van der Waals surface area contributed by atoms with Crippen LogP contribution in [0.5, 0.6) is 0 Å². The first-order valence-electron chi connectivity index (χ1n) is 8.53.